The molecule has 0 aromatic heterocycles. The first kappa shape index (κ1) is 16.5. The molecular formula is C17H18BrNO3S. The monoisotopic (exact) mass is 395 g/mol. The Morgan fingerprint density at radius 3 is 2.83 bits per heavy atom. The van der Waals surface area contributed by atoms with Gasteiger partial charge in [0.1, 0.15) is 5.75 Å². The third-order valence-electron chi connectivity index (χ3n) is 3.78. The largest absolute Gasteiger partial charge is 0.493 e. The maximum Gasteiger partial charge on any atom is 0.241 e. The van der Waals surface area contributed by atoms with E-state index in [2.05, 4.69) is 26.7 Å². The van der Waals surface area contributed by atoms with Crippen molar-refractivity contribution in [1.29, 1.82) is 0 Å². The molecule has 1 atom stereocenters. The molecule has 0 radical (unpaired) electrons. The molecule has 0 fully saturated rings. The number of halogens is 1. The fraction of sp³-hybridized carbons (Fsp3) is 0.294. The summed E-state index contributed by atoms with van der Waals surface area (Å²) in [4.78, 5) is 0.259. The van der Waals surface area contributed by atoms with Crippen molar-refractivity contribution in [2.24, 2.45) is 0 Å². The molecular weight excluding hydrogens is 378 g/mol. The minimum absolute atomic E-state index is 0.201. The van der Waals surface area contributed by atoms with Gasteiger partial charge in [-0.3, -0.25) is 0 Å². The SMILES string of the molecule is C[C@@H](Cc1ccc2c(c1)CCO2)NS(=O)(=O)c1ccccc1Br. The van der Waals surface area contributed by atoms with Crippen LogP contribution >= 0.6 is 15.9 Å². The molecule has 4 nitrogen and oxygen atoms in total. The number of benzene rings is 2. The Balaban J connectivity index is 1.72. The summed E-state index contributed by atoms with van der Waals surface area (Å²) in [5.41, 5.74) is 2.31. The van der Waals surface area contributed by atoms with Crippen LogP contribution in [-0.4, -0.2) is 21.1 Å². The zero-order valence-corrected chi connectivity index (χ0v) is 15.2. The van der Waals surface area contributed by atoms with Crippen molar-refractivity contribution in [3.8, 4) is 5.75 Å². The third-order valence-corrected chi connectivity index (χ3v) is 6.38. The van der Waals surface area contributed by atoms with E-state index in [1.165, 1.54) is 5.56 Å². The molecule has 0 bridgehead atoms. The van der Waals surface area contributed by atoms with Crippen molar-refractivity contribution in [2.45, 2.75) is 30.7 Å². The molecule has 23 heavy (non-hydrogen) atoms. The number of hydrogen-bond donors (Lipinski definition) is 1. The molecule has 2 aromatic rings. The molecule has 0 amide bonds. The molecule has 0 saturated carbocycles. The van der Waals surface area contributed by atoms with Crippen LogP contribution in [0.4, 0.5) is 0 Å². The Kier molecular flexibility index (Phi) is 4.75. The molecule has 0 unspecified atom stereocenters. The van der Waals surface area contributed by atoms with Gasteiger partial charge in [0.2, 0.25) is 10.0 Å². The highest BCUT2D eigenvalue weighted by molar-refractivity contribution is 9.10. The minimum atomic E-state index is -3.54. The van der Waals surface area contributed by atoms with Gasteiger partial charge in [-0.25, -0.2) is 13.1 Å². The first-order chi connectivity index (χ1) is 11.0. The molecule has 122 valence electrons. The standard InChI is InChI=1S/C17H18BrNO3S/c1-12(10-13-6-7-16-14(11-13)8-9-22-16)19-23(20,21)17-5-3-2-4-15(17)18/h2-7,11-12,19H,8-10H2,1H3/t12-/m0/s1. The van der Waals surface area contributed by atoms with Gasteiger partial charge in [-0.1, -0.05) is 24.3 Å². The lowest BCUT2D eigenvalue weighted by Crippen LogP contribution is -2.34. The van der Waals surface area contributed by atoms with Gasteiger partial charge < -0.3 is 4.74 Å². The van der Waals surface area contributed by atoms with Crippen molar-refractivity contribution >= 4 is 26.0 Å². The molecule has 0 saturated heterocycles. The number of fused-ring (bicyclic) bond motifs is 1. The lowest BCUT2D eigenvalue weighted by molar-refractivity contribution is 0.357. The molecule has 1 heterocycles. The van der Waals surface area contributed by atoms with Crippen LogP contribution < -0.4 is 9.46 Å². The van der Waals surface area contributed by atoms with Crippen molar-refractivity contribution in [3.63, 3.8) is 0 Å². The smallest absolute Gasteiger partial charge is 0.241 e. The number of hydrogen-bond acceptors (Lipinski definition) is 3. The van der Waals surface area contributed by atoms with Crippen molar-refractivity contribution in [3.05, 3.63) is 58.1 Å². The third kappa shape index (κ3) is 3.76. The van der Waals surface area contributed by atoms with E-state index in [9.17, 15) is 8.42 Å². The van der Waals surface area contributed by atoms with Crippen molar-refractivity contribution in [1.82, 2.24) is 4.72 Å². The molecule has 1 aliphatic heterocycles. The van der Waals surface area contributed by atoms with Crippen LogP contribution in [0.25, 0.3) is 0 Å². The highest BCUT2D eigenvalue weighted by Gasteiger charge is 2.20. The molecule has 1 N–H and O–H groups in total. The molecule has 0 aliphatic carbocycles. The van der Waals surface area contributed by atoms with Gasteiger partial charge >= 0.3 is 0 Å². The summed E-state index contributed by atoms with van der Waals surface area (Å²) in [6, 6.07) is 12.7. The summed E-state index contributed by atoms with van der Waals surface area (Å²) in [6.45, 7) is 2.60. The number of rotatable bonds is 5. The predicted octanol–water partition coefficient (Wildman–Crippen LogP) is 3.29. The van der Waals surface area contributed by atoms with Gasteiger partial charge in [0, 0.05) is 16.9 Å². The van der Waals surface area contributed by atoms with E-state index in [0.29, 0.717) is 10.9 Å². The van der Waals surface area contributed by atoms with E-state index >= 15 is 0 Å². The Labute approximate surface area is 145 Å². The highest BCUT2D eigenvalue weighted by Crippen LogP contribution is 2.26. The van der Waals surface area contributed by atoms with Crippen LogP contribution in [0.2, 0.25) is 0 Å². The van der Waals surface area contributed by atoms with Gasteiger partial charge in [-0.2, -0.15) is 0 Å². The lowest BCUT2D eigenvalue weighted by Gasteiger charge is -2.15. The van der Waals surface area contributed by atoms with Crippen LogP contribution in [-0.2, 0) is 22.9 Å². The van der Waals surface area contributed by atoms with E-state index in [0.717, 1.165) is 24.3 Å². The summed E-state index contributed by atoms with van der Waals surface area (Å²) in [5.74, 6) is 0.940. The van der Waals surface area contributed by atoms with Gasteiger partial charge in [-0.05, 0) is 58.6 Å². The summed E-state index contributed by atoms with van der Waals surface area (Å²) in [7, 11) is -3.54. The average molecular weight is 396 g/mol. The van der Waals surface area contributed by atoms with Crippen LogP contribution in [0, 0.1) is 0 Å². The summed E-state index contributed by atoms with van der Waals surface area (Å²) in [5, 5.41) is 0. The van der Waals surface area contributed by atoms with E-state index in [1.807, 2.05) is 19.1 Å². The summed E-state index contributed by atoms with van der Waals surface area (Å²) >= 11 is 3.29. The number of ether oxygens (including phenoxy) is 1. The van der Waals surface area contributed by atoms with Crippen LogP contribution in [0.3, 0.4) is 0 Å². The van der Waals surface area contributed by atoms with Gasteiger partial charge in [0.15, 0.2) is 0 Å². The number of nitrogens with one attached hydrogen (secondary N) is 1. The fourth-order valence-electron chi connectivity index (χ4n) is 2.75. The Hall–Kier alpha value is -1.37. The first-order valence-electron chi connectivity index (χ1n) is 7.47. The van der Waals surface area contributed by atoms with E-state index in [1.54, 1.807) is 24.3 Å². The van der Waals surface area contributed by atoms with Gasteiger partial charge in [0.05, 0.1) is 11.5 Å². The van der Waals surface area contributed by atoms with Gasteiger partial charge in [0.25, 0.3) is 0 Å². The van der Waals surface area contributed by atoms with Crippen LogP contribution in [0.15, 0.2) is 51.8 Å². The quantitative estimate of drug-likeness (QED) is 0.844. The first-order valence-corrected chi connectivity index (χ1v) is 9.75. The maximum absolute atomic E-state index is 12.5. The zero-order chi connectivity index (χ0) is 16.4. The molecule has 3 rings (SSSR count). The zero-order valence-electron chi connectivity index (χ0n) is 12.8. The van der Waals surface area contributed by atoms with Crippen molar-refractivity contribution in [2.75, 3.05) is 6.61 Å². The number of sulfonamides is 1. The fourth-order valence-corrected chi connectivity index (χ4v) is 5.00. The normalized spacial score (nSPS) is 15.0. The Morgan fingerprint density at radius 1 is 1.26 bits per heavy atom. The van der Waals surface area contributed by atoms with Crippen LogP contribution in [0.5, 0.6) is 5.75 Å². The van der Waals surface area contributed by atoms with E-state index in [4.69, 9.17) is 4.74 Å². The summed E-state index contributed by atoms with van der Waals surface area (Å²) < 4.78 is 33.8. The predicted molar refractivity (Wildman–Crippen MR) is 93.3 cm³/mol. The second-order valence-corrected chi connectivity index (χ2v) is 8.23. The van der Waals surface area contributed by atoms with Crippen molar-refractivity contribution < 1.29 is 13.2 Å². The molecule has 2 aromatic carbocycles. The van der Waals surface area contributed by atoms with E-state index < -0.39 is 10.0 Å². The topological polar surface area (TPSA) is 55.4 Å². The molecule has 1 aliphatic rings. The maximum atomic E-state index is 12.5. The molecule has 0 spiro atoms. The second kappa shape index (κ2) is 6.63. The van der Waals surface area contributed by atoms with Gasteiger partial charge in [-0.15, -0.1) is 0 Å². The van der Waals surface area contributed by atoms with E-state index in [-0.39, 0.29) is 10.9 Å². The minimum Gasteiger partial charge on any atom is -0.493 e. The lowest BCUT2D eigenvalue weighted by atomic mass is 10.0. The average Bonchev–Trinajstić information content (AvgIpc) is 2.94. The summed E-state index contributed by atoms with van der Waals surface area (Å²) in [6.07, 6.45) is 1.55. The highest BCUT2D eigenvalue weighted by atomic mass is 79.9. The molecule has 6 heteroatoms. The Morgan fingerprint density at radius 2 is 2.04 bits per heavy atom. The Bertz CT molecular complexity index is 820. The second-order valence-electron chi connectivity index (χ2n) is 5.70. The van der Waals surface area contributed by atoms with Crippen LogP contribution in [0.1, 0.15) is 18.1 Å².